The van der Waals surface area contributed by atoms with Gasteiger partial charge in [0, 0.05) is 11.6 Å². The number of hydrogen-bond acceptors (Lipinski definition) is 5. The summed E-state index contributed by atoms with van der Waals surface area (Å²) in [5.41, 5.74) is 8.82. The van der Waals surface area contributed by atoms with Crippen LogP contribution in [0, 0.1) is 25.2 Å². The minimum absolute atomic E-state index is 0.260. The predicted molar refractivity (Wildman–Crippen MR) is 72.6 cm³/mol. The lowest BCUT2D eigenvalue weighted by Crippen LogP contribution is -2.00. The molecule has 19 heavy (non-hydrogen) atoms. The average Bonchev–Trinajstić information content (AvgIpc) is 2.41. The van der Waals surface area contributed by atoms with Gasteiger partial charge < -0.3 is 10.5 Å². The van der Waals surface area contributed by atoms with E-state index >= 15 is 0 Å². The number of hydrogen-bond donors (Lipinski definition) is 1. The summed E-state index contributed by atoms with van der Waals surface area (Å²) in [6.45, 7) is 3.93. The molecule has 5 heteroatoms. The van der Waals surface area contributed by atoms with Crippen LogP contribution < -0.4 is 10.5 Å². The van der Waals surface area contributed by atoms with E-state index < -0.39 is 0 Å². The van der Waals surface area contributed by atoms with Crippen LogP contribution in [0.3, 0.4) is 0 Å². The van der Waals surface area contributed by atoms with Crippen molar-refractivity contribution in [2.45, 2.75) is 13.8 Å². The molecule has 2 aromatic rings. The number of rotatable bonds is 2. The summed E-state index contributed by atoms with van der Waals surface area (Å²) in [6.07, 6.45) is 0. The van der Waals surface area contributed by atoms with Crippen LogP contribution in [-0.2, 0) is 0 Å². The molecule has 0 fully saturated rings. The molecule has 2 rings (SSSR count). The first kappa shape index (κ1) is 12.8. The summed E-state index contributed by atoms with van der Waals surface area (Å²) >= 11 is 0. The van der Waals surface area contributed by atoms with Crippen LogP contribution in [0.5, 0.6) is 5.75 Å². The molecular formula is C14H14N4O. The van der Waals surface area contributed by atoms with Gasteiger partial charge >= 0.3 is 0 Å². The molecule has 0 atom stereocenters. The Hall–Kier alpha value is -2.61. The second kappa shape index (κ2) is 4.94. The highest BCUT2D eigenvalue weighted by atomic mass is 16.5. The standard InChI is InChI=1S/C14H14N4O/c1-8-9(2)12(19-3)5-4-11(8)14-17-10(7-15)6-13(16)18-14/h4-6H,1-3H3,(H2,16,17,18). The van der Waals surface area contributed by atoms with Gasteiger partial charge in [0.15, 0.2) is 5.82 Å². The summed E-state index contributed by atoms with van der Waals surface area (Å²) in [4.78, 5) is 8.37. The number of nitriles is 1. The summed E-state index contributed by atoms with van der Waals surface area (Å²) in [6, 6.07) is 7.16. The Morgan fingerprint density at radius 3 is 2.58 bits per heavy atom. The van der Waals surface area contributed by atoms with Crippen LogP contribution in [0.1, 0.15) is 16.8 Å². The van der Waals surface area contributed by atoms with Crippen molar-refractivity contribution >= 4 is 5.82 Å². The Balaban J connectivity index is 2.63. The van der Waals surface area contributed by atoms with E-state index in [0.29, 0.717) is 5.82 Å². The van der Waals surface area contributed by atoms with E-state index in [4.69, 9.17) is 15.7 Å². The SMILES string of the molecule is COc1ccc(-c2nc(N)cc(C#N)n2)c(C)c1C. The maximum absolute atomic E-state index is 8.92. The number of anilines is 1. The van der Waals surface area contributed by atoms with Crippen molar-refractivity contribution in [3.63, 3.8) is 0 Å². The zero-order chi connectivity index (χ0) is 14.0. The van der Waals surface area contributed by atoms with E-state index in [2.05, 4.69) is 9.97 Å². The zero-order valence-corrected chi connectivity index (χ0v) is 11.1. The highest BCUT2D eigenvalue weighted by molar-refractivity contribution is 5.65. The lowest BCUT2D eigenvalue weighted by molar-refractivity contribution is 0.411. The van der Waals surface area contributed by atoms with Crippen molar-refractivity contribution < 1.29 is 4.74 Å². The second-order valence-corrected chi connectivity index (χ2v) is 4.18. The van der Waals surface area contributed by atoms with E-state index in [-0.39, 0.29) is 11.5 Å². The summed E-state index contributed by atoms with van der Waals surface area (Å²) in [5, 5.41) is 8.92. The number of aromatic nitrogens is 2. The lowest BCUT2D eigenvalue weighted by atomic mass is 10.0. The van der Waals surface area contributed by atoms with Crippen LogP contribution in [-0.4, -0.2) is 17.1 Å². The number of ether oxygens (including phenoxy) is 1. The molecule has 1 aromatic heterocycles. The monoisotopic (exact) mass is 254 g/mol. The minimum atomic E-state index is 0.260. The van der Waals surface area contributed by atoms with E-state index in [1.54, 1.807) is 7.11 Å². The fourth-order valence-corrected chi connectivity index (χ4v) is 1.90. The molecule has 1 aromatic carbocycles. The molecule has 1 heterocycles. The van der Waals surface area contributed by atoms with Gasteiger partial charge in [-0.1, -0.05) is 0 Å². The number of nitrogens with zero attached hydrogens (tertiary/aromatic N) is 3. The number of methoxy groups -OCH3 is 1. The normalized spacial score (nSPS) is 10.0. The van der Waals surface area contributed by atoms with E-state index in [0.717, 1.165) is 22.4 Å². The Morgan fingerprint density at radius 2 is 1.95 bits per heavy atom. The van der Waals surface area contributed by atoms with Crippen molar-refractivity contribution in [1.82, 2.24) is 9.97 Å². The molecular weight excluding hydrogens is 240 g/mol. The molecule has 0 amide bonds. The molecule has 96 valence electrons. The van der Waals surface area contributed by atoms with Crippen molar-refractivity contribution in [2.24, 2.45) is 0 Å². The van der Waals surface area contributed by atoms with Gasteiger partial charge in [0.05, 0.1) is 7.11 Å². The summed E-state index contributed by atoms with van der Waals surface area (Å²) in [5.74, 6) is 1.56. The fourth-order valence-electron chi connectivity index (χ4n) is 1.90. The predicted octanol–water partition coefficient (Wildman–Crippen LogP) is 2.22. The first-order chi connectivity index (χ1) is 9.06. The van der Waals surface area contributed by atoms with Crippen LogP contribution in [0.2, 0.25) is 0 Å². The summed E-state index contributed by atoms with van der Waals surface area (Å²) < 4.78 is 5.27. The van der Waals surface area contributed by atoms with Crippen molar-refractivity contribution in [1.29, 1.82) is 5.26 Å². The highest BCUT2D eigenvalue weighted by Gasteiger charge is 2.12. The van der Waals surface area contributed by atoms with E-state index in [1.165, 1.54) is 6.07 Å². The molecule has 0 radical (unpaired) electrons. The second-order valence-electron chi connectivity index (χ2n) is 4.18. The molecule has 0 saturated heterocycles. The van der Waals surface area contributed by atoms with Crippen molar-refractivity contribution in [3.8, 4) is 23.2 Å². The van der Waals surface area contributed by atoms with Gasteiger partial charge in [0.25, 0.3) is 0 Å². The Kier molecular flexibility index (Phi) is 3.34. The highest BCUT2D eigenvalue weighted by Crippen LogP contribution is 2.29. The molecule has 0 aliphatic rings. The average molecular weight is 254 g/mol. The van der Waals surface area contributed by atoms with Crippen molar-refractivity contribution in [3.05, 3.63) is 35.0 Å². The number of benzene rings is 1. The zero-order valence-electron chi connectivity index (χ0n) is 11.1. The van der Waals surface area contributed by atoms with Gasteiger partial charge in [0.2, 0.25) is 0 Å². The van der Waals surface area contributed by atoms with Crippen LogP contribution >= 0.6 is 0 Å². The van der Waals surface area contributed by atoms with Crippen molar-refractivity contribution in [2.75, 3.05) is 12.8 Å². The topological polar surface area (TPSA) is 84.8 Å². The molecule has 2 N–H and O–H groups in total. The maximum Gasteiger partial charge on any atom is 0.163 e. The maximum atomic E-state index is 8.92. The Bertz CT molecular complexity index is 674. The van der Waals surface area contributed by atoms with Gasteiger partial charge in [-0.15, -0.1) is 0 Å². The molecule has 0 bridgehead atoms. The molecule has 0 unspecified atom stereocenters. The van der Waals surface area contributed by atoms with E-state index in [9.17, 15) is 0 Å². The Morgan fingerprint density at radius 1 is 1.21 bits per heavy atom. The van der Waals surface area contributed by atoms with Crippen LogP contribution in [0.15, 0.2) is 18.2 Å². The summed E-state index contributed by atoms with van der Waals surface area (Å²) in [7, 11) is 1.63. The van der Waals surface area contributed by atoms with Gasteiger partial charge in [-0.05, 0) is 37.1 Å². The quantitative estimate of drug-likeness (QED) is 0.888. The molecule has 5 nitrogen and oxygen atoms in total. The third kappa shape index (κ3) is 2.33. The third-order valence-electron chi connectivity index (χ3n) is 3.06. The molecule has 0 aliphatic heterocycles. The number of nitrogens with two attached hydrogens (primary N) is 1. The first-order valence-electron chi connectivity index (χ1n) is 5.76. The van der Waals surface area contributed by atoms with Gasteiger partial charge in [-0.2, -0.15) is 5.26 Å². The number of nitrogen functional groups attached to an aromatic ring is 1. The minimum Gasteiger partial charge on any atom is -0.496 e. The van der Waals surface area contributed by atoms with Gasteiger partial charge in [0.1, 0.15) is 23.3 Å². The Labute approximate surface area is 111 Å². The van der Waals surface area contributed by atoms with Gasteiger partial charge in [-0.25, -0.2) is 9.97 Å². The van der Waals surface area contributed by atoms with Crippen LogP contribution in [0.4, 0.5) is 5.82 Å². The molecule has 0 spiro atoms. The van der Waals surface area contributed by atoms with E-state index in [1.807, 2.05) is 32.0 Å². The smallest absolute Gasteiger partial charge is 0.163 e. The third-order valence-corrected chi connectivity index (χ3v) is 3.06. The van der Waals surface area contributed by atoms with Gasteiger partial charge in [-0.3, -0.25) is 0 Å². The largest absolute Gasteiger partial charge is 0.496 e. The first-order valence-corrected chi connectivity index (χ1v) is 5.76. The molecule has 0 aliphatic carbocycles. The fraction of sp³-hybridized carbons (Fsp3) is 0.214. The van der Waals surface area contributed by atoms with Crippen LogP contribution in [0.25, 0.3) is 11.4 Å². The lowest BCUT2D eigenvalue weighted by Gasteiger charge is -2.12. The molecule has 0 saturated carbocycles.